The highest BCUT2D eigenvalue weighted by atomic mass is 31.2. The summed E-state index contributed by atoms with van der Waals surface area (Å²) < 4.78 is 34.7. The molecule has 0 rings (SSSR count). The van der Waals surface area contributed by atoms with Crippen LogP contribution in [0.15, 0.2) is 170 Å². The average Bonchev–Trinajstić information content (AvgIpc) is 3.58. The summed E-state index contributed by atoms with van der Waals surface area (Å²) in [5.41, 5.74) is 0. The molecule has 1 N–H and O–H groups in total. The van der Waals surface area contributed by atoms with Gasteiger partial charge in [-0.2, -0.15) is 0 Å². The second-order valence-corrected chi connectivity index (χ2v) is 26.0. The second-order valence-electron chi connectivity index (χ2n) is 24.5. The van der Waals surface area contributed by atoms with Gasteiger partial charge in [-0.15, -0.1) is 0 Å². The lowest BCUT2D eigenvalue weighted by atomic mass is 10.0. The van der Waals surface area contributed by atoms with Gasteiger partial charge in [-0.05, 0) is 128 Å². The SMILES string of the molecule is CC/C=C\C/C=C\C/C=C\C/C=C\C/C=C\C/C=C\C/C=C\C/C=C\C/C=C\C/C=C\CCCCC(=O)OC(COC(=O)CCCCCCCCCCCCCCCCCCCCCC/C=C\C/C=C\C/C=C\C/C=C\CC)COP(=O)(O)OCC[N+](C)(C)C. The van der Waals surface area contributed by atoms with Crippen LogP contribution in [0.1, 0.15) is 271 Å². The molecule has 0 aliphatic carbocycles. The molecule has 0 aromatic heterocycles. The van der Waals surface area contributed by atoms with Gasteiger partial charge in [0.25, 0.3) is 0 Å². The summed E-state index contributed by atoms with van der Waals surface area (Å²) in [5.74, 6) is -0.853. The zero-order valence-electron chi connectivity index (χ0n) is 58.1. The minimum Gasteiger partial charge on any atom is -0.462 e. The zero-order chi connectivity index (χ0) is 65.5. The Morgan fingerprint density at radius 3 is 0.911 bits per heavy atom. The minimum atomic E-state index is -4.42. The fraction of sp³-hybridized carbons (Fsp3) is 0.625. The number of quaternary nitrogens is 1. The van der Waals surface area contributed by atoms with Gasteiger partial charge in [0.1, 0.15) is 19.8 Å². The number of esters is 2. The Bertz CT molecular complexity index is 2130. The fourth-order valence-corrected chi connectivity index (χ4v) is 10.1. The molecule has 0 aliphatic heterocycles. The van der Waals surface area contributed by atoms with Crippen molar-refractivity contribution in [1.29, 1.82) is 0 Å². The van der Waals surface area contributed by atoms with Gasteiger partial charge < -0.3 is 18.9 Å². The smallest absolute Gasteiger partial charge is 0.462 e. The Morgan fingerprint density at radius 2 is 0.600 bits per heavy atom. The Labute approximate surface area is 553 Å². The van der Waals surface area contributed by atoms with E-state index in [-0.39, 0.29) is 32.0 Å². The van der Waals surface area contributed by atoms with Crippen molar-refractivity contribution >= 4 is 19.8 Å². The van der Waals surface area contributed by atoms with Crippen LogP contribution >= 0.6 is 7.82 Å². The van der Waals surface area contributed by atoms with E-state index in [0.29, 0.717) is 17.4 Å². The molecule has 0 fully saturated rings. The molecular weight excluding hydrogens is 1130 g/mol. The number of carbonyl (C=O) groups is 2. The molecule has 0 aliphatic rings. The van der Waals surface area contributed by atoms with Crippen molar-refractivity contribution in [1.82, 2.24) is 0 Å². The van der Waals surface area contributed by atoms with Crippen molar-refractivity contribution in [2.75, 3.05) is 47.5 Å². The van der Waals surface area contributed by atoms with Gasteiger partial charge in [-0.3, -0.25) is 18.6 Å². The first kappa shape index (κ1) is 85.4. The maximum absolute atomic E-state index is 12.9. The largest absolute Gasteiger partial charge is 0.472 e. The van der Waals surface area contributed by atoms with Crippen molar-refractivity contribution in [3.8, 4) is 0 Å². The molecule has 510 valence electrons. The van der Waals surface area contributed by atoms with Crippen molar-refractivity contribution in [2.24, 2.45) is 0 Å². The van der Waals surface area contributed by atoms with Gasteiger partial charge in [-0.25, -0.2) is 4.57 Å². The van der Waals surface area contributed by atoms with E-state index < -0.39 is 26.5 Å². The highest BCUT2D eigenvalue weighted by Gasteiger charge is 2.27. The van der Waals surface area contributed by atoms with Crippen molar-refractivity contribution in [3.05, 3.63) is 170 Å². The number of unbranched alkanes of at least 4 members (excludes halogenated alkanes) is 22. The third kappa shape index (κ3) is 72.4. The maximum Gasteiger partial charge on any atom is 0.472 e. The van der Waals surface area contributed by atoms with Gasteiger partial charge in [0.2, 0.25) is 0 Å². The number of rotatable bonds is 64. The van der Waals surface area contributed by atoms with Crippen LogP contribution in [0.3, 0.4) is 0 Å². The molecule has 0 bridgehead atoms. The molecule has 0 radical (unpaired) electrons. The van der Waals surface area contributed by atoms with Crippen LogP contribution < -0.4 is 0 Å². The van der Waals surface area contributed by atoms with Gasteiger partial charge >= 0.3 is 19.8 Å². The molecule has 2 unspecified atom stereocenters. The monoisotopic (exact) mass is 1270 g/mol. The van der Waals surface area contributed by atoms with E-state index in [9.17, 15) is 19.0 Å². The lowest BCUT2D eigenvalue weighted by Crippen LogP contribution is -2.37. The van der Waals surface area contributed by atoms with Crippen molar-refractivity contribution in [3.63, 3.8) is 0 Å². The number of ether oxygens (including phenoxy) is 2. The normalized spacial score (nSPS) is 14.2. The molecule has 9 nitrogen and oxygen atoms in total. The van der Waals surface area contributed by atoms with Crippen LogP contribution in [-0.4, -0.2) is 74.9 Å². The fourth-order valence-electron chi connectivity index (χ4n) is 9.33. The summed E-state index contributed by atoms with van der Waals surface area (Å²) in [4.78, 5) is 35.9. The molecular formula is C80H133NO8P+. The molecule has 0 aromatic rings. The number of phosphoric ester groups is 1. The van der Waals surface area contributed by atoms with Crippen molar-refractivity contribution in [2.45, 2.75) is 277 Å². The summed E-state index contributed by atoms with van der Waals surface area (Å²) >= 11 is 0. The van der Waals surface area contributed by atoms with Crippen LogP contribution in [0.4, 0.5) is 0 Å². The molecule has 10 heteroatoms. The topological polar surface area (TPSA) is 108 Å². The Balaban J connectivity index is 4.15. The first-order chi connectivity index (χ1) is 44.0. The Hall–Kier alpha value is -4.63. The summed E-state index contributed by atoms with van der Waals surface area (Å²) in [6.45, 7) is 4.16. The molecule has 90 heavy (non-hydrogen) atoms. The predicted octanol–water partition coefficient (Wildman–Crippen LogP) is 23.7. The van der Waals surface area contributed by atoms with Crippen molar-refractivity contribution < 1.29 is 42.1 Å². The third-order valence-electron chi connectivity index (χ3n) is 14.7. The molecule has 0 saturated carbocycles. The summed E-state index contributed by atoms with van der Waals surface area (Å²) in [6.07, 6.45) is 105. The molecule has 0 saturated heterocycles. The van der Waals surface area contributed by atoms with Crippen LogP contribution in [-0.2, 0) is 32.7 Å². The van der Waals surface area contributed by atoms with Crippen LogP contribution in [0.2, 0.25) is 0 Å². The van der Waals surface area contributed by atoms with Crippen LogP contribution in [0, 0.1) is 0 Å². The van der Waals surface area contributed by atoms with Crippen LogP contribution in [0.5, 0.6) is 0 Å². The van der Waals surface area contributed by atoms with E-state index in [1.165, 1.54) is 116 Å². The number of nitrogens with zero attached hydrogens (tertiary/aromatic N) is 1. The van der Waals surface area contributed by atoms with Gasteiger partial charge in [0.05, 0.1) is 27.7 Å². The number of allylic oxidation sites excluding steroid dienone is 28. The summed E-state index contributed by atoms with van der Waals surface area (Å²) in [5, 5.41) is 0. The van der Waals surface area contributed by atoms with Gasteiger partial charge in [-0.1, -0.05) is 300 Å². The van der Waals surface area contributed by atoms with E-state index >= 15 is 0 Å². The highest BCUT2D eigenvalue weighted by Crippen LogP contribution is 2.43. The number of hydrogen-bond acceptors (Lipinski definition) is 7. The molecule has 0 spiro atoms. The van der Waals surface area contributed by atoms with Gasteiger partial charge in [0.15, 0.2) is 6.10 Å². The Kier molecular flexibility index (Phi) is 65.2. The minimum absolute atomic E-state index is 0.0151. The van der Waals surface area contributed by atoms with Crippen LogP contribution in [0.25, 0.3) is 0 Å². The van der Waals surface area contributed by atoms with E-state index in [2.05, 4.69) is 184 Å². The summed E-state index contributed by atoms with van der Waals surface area (Å²) in [6, 6.07) is 0. The molecule has 0 aromatic carbocycles. The second kappa shape index (κ2) is 68.7. The highest BCUT2D eigenvalue weighted by molar-refractivity contribution is 7.47. The third-order valence-corrected chi connectivity index (χ3v) is 15.7. The lowest BCUT2D eigenvalue weighted by Gasteiger charge is -2.24. The molecule has 2 atom stereocenters. The quantitative estimate of drug-likeness (QED) is 0.0211. The van der Waals surface area contributed by atoms with E-state index in [4.69, 9.17) is 18.5 Å². The maximum atomic E-state index is 12.9. The Morgan fingerprint density at radius 1 is 0.344 bits per heavy atom. The summed E-state index contributed by atoms with van der Waals surface area (Å²) in [7, 11) is 1.43. The van der Waals surface area contributed by atoms with E-state index in [0.717, 1.165) is 122 Å². The van der Waals surface area contributed by atoms with E-state index in [1.54, 1.807) is 0 Å². The van der Waals surface area contributed by atoms with E-state index in [1.807, 2.05) is 21.1 Å². The first-order valence-corrected chi connectivity index (χ1v) is 37.4. The standard InChI is InChI=1S/C80H132NO8P/c1-6-8-10-12-14-16-18-20-22-24-26-28-30-32-34-36-38-40-42-44-46-48-50-52-54-56-58-60-62-64-66-68-70-72-79(82)86-76-78(77-88-90(84,85)87-75-74-81(3,4)5)89-80(83)73-71-69-67-65-63-61-59-57-55-53-51-49-47-45-43-41-39-37-35-33-31-29-27-25-23-21-19-17-15-13-11-9-7-2/h8-11,14-17,20-23,26-29,33,35,39,41,45,47,51,53,57,59,63,65,78H,6-7,12-13,18-19,24-25,30-32,34,36-38,40,42-44,46,48-50,52,54-56,58,60-62,64,66-77H2,1-5H3/p+1/b10-8-,11-9-,16-14-,17-15-,22-20-,23-21-,28-26-,29-27-,35-33-,41-39-,47-45-,53-51-,59-57-,65-63-. The predicted molar refractivity (Wildman–Crippen MR) is 389 cm³/mol. The first-order valence-electron chi connectivity index (χ1n) is 35.9. The lowest BCUT2D eigenvalue weighted by molar-refractivity contribution is -0.870. The zero-order valence-corrected chi connectivity index (χ0v) is 58.9. The van der Waals surface area contributed by atoms with Gasteiger partial charge in [0, 0.05) is 12.8 Å². The number of carbonyl (C=O) groups excluding carboxylic acids is 2. The average molecular weight is 1270 g/mol. The number of likely N-dealkylation sites (N-methyl/N-ethyl adjacent to an activating group) is 1. The molecule has 0 heterocycles. The number of hydrogen-bond donors (Lipinski definition) is 1. The molecule has 0 amide bonds. The number of phosphoric acid groups is 1.